The SMILES string of the molecule is CC/C=C\C/C=C\C/C=C\C/C=C\C/C=C\CCCCCCCCCCCCCCCCCCCC(=O)OCC(O)COP(=O)(O)OCC(O)COP(=O)(O)OCC(COC(=O)CCCCCCCCCCCCCCC/C=C\C/C=C\C/C=C\C/C=C\CCCCC)OC(=O)CCCCCCC/C=C\CCCCCC. The van der Waals surface area contributed by atoms with E-state index in [4.69, 9.17) is 32.3 Å². The third-order valence-electron chi connectivity index (χ3n) is 19.1. The fourth-order valence-corrected chi connectivity index (χ4v) is 13.9. The van der Waals surface area contributed by atoms with Gasteiger partial charge in [0.2, 0.25) is 0 Å². The number of hydrogen-bond acceptors (Lipinski definition) is 14. The molecule has 0 aromatic rings. The van der Waals surface area contributed by atoms with Gasteiger partial charge >= 0.3 is 33.6 Å². The highest BCUT2D eigenvalue weighted by molar-refractivity contribution is 7.47. The van der Waals surface area contributed by atoms with Gasteiger partial charge in [0.05, 0.1) is 26.4 Å². The molecule has 0 saturated heterocycles. The monoisotopic (exact) mass is 1600 g/mol. The van der Waals surface area contributed by atoms with Crippen molar-refractivity contribution in [2.75, 3.05) is 39.6 Å². The zero-order chi connectivity index (χ0) is 80.8. The lowest BCUT2D eigenvalue weighted by molar-refractivity contribution is -0.161. The Morgan fingerprint density at radius 3 is 0.784 bits per heavy atom. The predicted octanol–water partition coefficient (Wildman–Crippen LogP) is 27.2. The molecule has 4 N–H and O–H groups in total. The van der Waals surface area contributed by atoms with E-state index in [1.165, 1.54) is 199 Å². The first-order valence-electron chi connectivity index (χ1n) is 44.8. The predicted molar refractivity (Wildman–Crippen MR) is 463 cm³/mol. The summed E-state index contributed by atoms with van der Waals surface area (Å²) in [6.07, 6.45) is 104. The highest BCUT2D eigenvalue weighted by Gasteiger charge is 2.29. The Kier molecular flexibility index (Phi) is 82.2. The van der Waals surface area contributed by atoms with E-state index < -0.39 is 91.5 Å². The molecule has 0 aromatic carbocycles. The van der Waals surface area contributed by atoms with Crippen molar-refractivity contribution < 1.29 is 75.8 Å². The van der Waals surface area contributed by atoms with E-state index in [1.807, 2.05) is 0 Å². The maximum Gasteiger partial charge on any atom is 0.472 e. The lowest BCUT2D eigenvalue weighted by Crippen LogP contribution is -2.30. The van der Waals surface area contributed by atoms with Crippen LogP contribution in [0.2, 0.25) is 0 Å². The highest BCUT2D eigenvalue weighted by Crippen LogP contribution is 2.45. The molecule has 0 bridgehead atoms. The first-order valence-corrected chi connectivity index (χ1v) is 47.8. The van der Waals surface area contributed by atoms with Crippen LogP contribution in [0.15, 0.2) is 122 Å². The van der Waals surface area contributed by atoms with Crippen molar-refractivity contribution in [3.8, 4) is 0 Å². The van der Waals surface area contributed by atoms with E-state index in [2.05, 4.69) is 142 Å². The van der Waals surface area contributed by atoms with Crippen molar-refractivity contribution >= 4 is 33.6 Å². The topological polar surface area (TPSA) is 231 Å². The Hall–Kier alpha value is -4.05. The van der Waals surface area contributed by atoms with E-state index in [0.717, 1.165) is 135 Å². The molecule has 0 aliphatic rings. The smallest absolute Gasteiger partial charge is 0.463 e. The van der Waals surface area contributed by atoms with Gasteiger partial charge in [-0.25, -0.2) is 9.13 Å². The minimum atomic E-state index is -4.93. The summed E-state index contributed by atoms with van der Waals surface area (Å²) in [5.41, 5.74) is 0. The molecule has 0 radical (unpaired) electrons. The second kappa shape index (κ2) is 85.3. The van der Waals surface area contributed by atoms with Gasteiger partial charge in [0, 0.05) is 19.3 Å². The van der Waals surface area contributed by atoms with E-state index in [9.17, 15) is 43.5 Å². The molecule has 0 saturated carbocycles. The molecular weight excluding hydrogens is 1430 g/mol. The van der Waals surface area contributed by atoms with Crippen molar-refractivity contribution in [2.24, 2.45) is 0 Å². The molecule has 0 aromatic heterocycles. The third kappa shape index (κ3) is 86.6. The van der Waals surface area contributed by atoms with Crippen LogP contribution in [0.5, 0.6) is 0 Å². The maximum atomic E-state index is 13.0. The van der Waals surface area contributed by atoms with Crippen LogP contribution in [0.4, 0.5) is 0 Å². The molecule has 0 amide bonds. The Balaban J connectivity index is 4.40. The minimum Gasteiger partial charge on any atom is -0.463 e. The number of aliphatic hydroxyl groups excluding tert-OH is 2. The molecule has 16 nitrogen and oxygen atoms in total. The molecule has 5 unspecified atom stereocenters. The number of unbranched alkanes of at least 4 members (excludes halogenated alkanes) is 42. The quantitative estimate of drug-likeness (QED) is 0.0146. The standard InChI is InChI=1S/C93H164O16P2/c1-4-7-10-13-16-19-22-25-27-29-31-33-35-37-39-41-42-43-44-46-48-49-51-53-55-57-59-62-64-67-70-73-76-79-91(96)103-82-88(94)83-105-110(99,100)106-84-89(95)85-107-111(101,102)108-87-90(109-93(98)81-78-75-72-69-66-61-24-21-18-15-12-9-6-3)86-104-92(97)80-77-74-71-68-65-63-60-58-56-54-52-50-47-45-40-38-36-34-32-30-28-26-23-20-17-14-11-8-5-2/h7,10,16-17,19-21,24-28,31-34,37-40,88-90,94-95H,4-6,8-9,11-15,18,22-23,29-30,35-36,41-87H2,1-3H3,(H,99,100)(H,101,102)/b10-7-,19-16-,20-17-,24-21-,27-25-,28-26-,33-31-,34-32-,39-37-,40-38-. The van der Waals surface area contributed by atoms with E-state index >= 15 is 0 Å². The molecule has 642 valence electrons. The summed E-state index contributed by atoms with van der Waals surface area (Å²) in [7, 11) is -9.79. The number of esters is 3. The van der Waals surface area contributed by atoms with Gasteiger partial charge in [-0.3, -0.25) is 32.5 Å². The van der Waals surface area contributed by atoms with Crippen molar-refractivity contribution in [1.29, 1.82) is 0 Å². The molecule has 0 rings (SSSR count). The third-order valence-corrected chi connectivity index (χ3v) is 21.0. The summed E-state index contributed by atoms with van der Waals surface area (Å²) in [6.45, 7) is 2.57. The van der Waals surface area contributed by atoms with Crippen LogP contribution in [0, 0.1) is 0 Å². The zero-order valence-electron chi connectivity index (χ0n) is 70.6. The van der Waals surface area contributed by atoms with Crippen molar-refractivity contribution in [2.45, 2.75) is 411 Å². The number of aliphatic hydroxyl groups is 2. The van der Waals surface area contributed by atoms with Gasteiger partial charge in [0.15, 0.2) is 6.10 Å². The van der Waals surface area contributed by atoms with Crippen LogP contribution in [0.3, 0.4) is 0 Å². The van der Waals surface area contributed by atoms with Crippen LogP contribution in [-0.2, 0) is 55.8 Å². The van der Waals surface area contributed by atoms with Gasteiger partial charge in [-0.1, -0.05) is 361 Å². The van der Waals surface area contributed by atoms with E-state index in [-0.39, 0.29) is 19.3 Å². The summed E-state index contributed by atoms with van der Waals surface area (Å²) >= 11 is 0. The summed E-state index contributed by atoms with van der Waals surface area (Å²) in [6, 6.07) is 0. The number of phosphoric acid groups is 2. The molecule has 18 heteroatoms. The molecule has 0 aliphatic heterocycles. The van der Waals surface area contributed by atoms with Crippen LogP contribution in [-0.4, -0.2) is 95.9 Å². The largest absolute Gasteiger partial charge is 0.472 e. The Bertz CT molecular complexity index is 2500. The van der Waals surface area contributed by atoms with Gasteiger partial charge < -0.3 is 34.2 Å². The van der Waals surface area contributed by atoms with Crippen LogP contribution >= 0.6 is 15.6 Å². The normalized spacial score (nSPS) is 14.4. The second-order valence-corrected chi connectivity index (χ2v) is 32.9. The van der Waals surface area contributed by atoms with Crippen molar-refractivity contribution in [3.63, 3.8) is 0 Å². The van der Waals surface area contributed by atoms with Gasteiger partial charge in [0.1, 0.15) is 25.4 Å². The second-order valence-electron chi connectivity index (χ2n) is 30.0. The van der Waals surface area contributed by atoms with Crippen LogP contribution < -0.4 is 0 Å². The van der Waals surface area contributed by atoms with E-state index in [1.54, 1.807) is 0 Å². The Morgan fingerprint density at radius 1 is 0.261 bits per heavy atom. The molecule has 0 heterocycles. The first kappa shape index (κ1) is 107. The lowest BCUT2D eigenvalue weighted by atomic mass is 10.0. The van der Waals surface area contributed by atoms with Gasteiger partial charge in [-0.2, -0.15) is 0 Å². The van der Waals surface area contributed by atoms with Crippen molar-refractivity contribution in [1.82, 2.24) is 0 Å². The van der Waals surface area contributed by atoms with Gasteiger partial charge in [0.25, 0.3) is 0 Å². The molecule has 0 spiro atoms. The fraction of sp³-hybridized carbons (Fsp3) is 0.753. The Morgan fingerprint density at radius 2 is 0.477 bits per heavy atom. The number of hydrogen-bond donors (Lipinski definition) is 4. The number of carbonyl (C=O) groups excluding carboxylic acids is 3. The van der Waals surface area contributed by atoms with Gasteiger partial charge in [-0.05, 0) is 135 Å². The number of allylic oxidation sites excluding steroid dienone is 20. The molecule has 111 heavy (non-hydrogen) atoms. The molecular formula is C93H164O16P2. The summed E-state index contributed by atoms with van der Waals surface area (Å²) in [4.78, 5) is 58.8. The minimum absolute atomic E-state index is 0.0953. The average Bonchev–Trinajstić information content (AvgIpc) is 0.978. The number of rotatable bonds is 85. The van der Waals surface area contributed by atoms with Crippen LogP contribution in [0.1, 0.15) is 393 Å². The molecule has 5 atom stereocenters. The highest BCUT2D eigenvalue weighted by atomic mass is 31.2. The van der Waals surface area contributed by atoms with E-state index in [0.29, 0.717) is 19.3 Å². The molecule has 0 aliphatic carbocycles. The average molecular weight is 1600 g/mol. The maximum absolute atomic E-state index is 13.0. The summed E-state index contributed by atoms with van der Waals surface area (Å²) in [5, 5.41) is 20.7. The number of ether oxygens (including phenoxy) is 3. The number of phosphoric ester groups is 2. The first-order chi connectivity index (χ1) is 54.2. The number of carbonyl (C=O) groups is 3. The van der Waals surface area contributed by atoms with Crippen LogP contribution in [0.25, 0.3) is 0 Å². The van der Waals surface area contributed by atoms with Gasteiger partial charge in [-0.15, -0.1) is 0 Å². The van der Waals surface area contributed by atoms with Crippen molar-refractivity contribution in [3.05, 3.63) is 122 Å². The summed E-state index contributed by atoms with van der Waals surface area (Å²) in [5.74, 6) is -1.57. The fourth-order valence-electron chi connectivity index (χ4n) is 12.3. The molecule has 0 fully saturated rings. The summed E-state index contributed by atoms with van der Waals surface area (Å²) < 4.78 is 61.3. The Labute approximate surface area is 678 Å². The zero-order valence-corrected chi connectivity index (χ0v) is 72.4. The lowest BCUT2D eigenvalue weighted by Gasteiger charge is -2.21.